The lowest BCUT2D eigenvalue weighted by Crippen LogP contribution is -2.63. The van der Waals surface area contributed by atoms with Crippen LogP contribution in [0.15, 0.2) is 85.5 Å². The molecule has 468 valence electrons. The average Bonchev–Trinajstić information content (AvgIpc) is 1.99. The molecule has 0 unspecified atom stereocenters. The number of rotatable bonds is 24. The fraction of sp³-hybridized carbons (Fsp3) is 0.578. The molecule has 3 aromatic carbocycles. The quantitative estimate of drug-likeness (QED) is 0.0283. The highest BCUT2D eigenvalue weighted by Gasteiger charge is 2.47. The summed E-state index contributed by atoms with van der Waals surface area (Å²) in [4.78, 5) is 102. The summed E-state index contributed by atoms with van der Waals surface area (Å²) >= 11 is 0. The number of hydrogen-bond acceptors (Lipinski definition) is 14. The fourth-order valence-corrected chi connectivity index (χ4v) is 12.2. The molecule has 1 saturated heterocycles. The molecule has 0 spiro atoms. The van der Waals surface area contributed by atoms with Crippen LogP contribution in [0.4, 0.5) is 9.59 Å². The van der Waals surface area contributed by atoms with Gasteiger partial charge in [0.2, 0.25) is 26.0 Å². The van der Waals surface area contributed by atoms with Crippen LogP contribution < -0.4 is 25.7 Å². The molecule has 1 aliphatic carbocycles. The van der Waals surface area contributed by atoms with Gasteiger partial charge in [-0.1, -0.05) is 129 Å². The second kappa shape index (κ2) is 28.8. The van der Waals surface area contributed by atoms with Crippen LogP contribution in [-0.2, 0) is 52.1 Å². The summed E-state index contributed by atoms with van der Waals surface area (Å²) in [6.45, 7) is 35.8. The molecule has 0 aromatic heterocycles. The molecule has 19 nitrogen and oxygen atoms in total. The van der Waals surface area contributed by atoms with Crippen molar-refractivity contribution in [3.05, 3.63) is 102 Å². The van der Waals surface area contributed by atoms with E-state index >= 15 is 9.59 Å². The minimum atomic E-state index is -2.69. The van der Waals surface area contributed by atoms with E-state index in [1.165, 1.54) is 25.0 Å². The Hall–Kier alpha value is -6.56. The number of fused-ring (bicyclic) bond motifs is 3. The molecule has 8 atom stereocenters. The van der Waals surface area contributed by atoms with E-state index in [1.54, 1.807) is 65.8 Å². The number of amides is 5. The lowest BCUT2D eigenvalue weighted by Gasteiger charge is -2.41. The Bertz CT molecular complexity index is 2800. The first kappa shape index (κ1) is 69.2. The molecule has 1 aliphatic heterocycles. The van der Waals surface area contributed by atoms with E-state index < -0.39 is 119 Å². The number of alkyl carbamates (subject to hydrolysis) is 2. The van der Waals surface area contributed by atoms with E-state index in [0.29, 0.717) is 24.2 Å². The second-order valence-corrected chi connectivity index (χ2v) is 36.0. The van der Waals surface area contributed by atoms with E-state index in [2.05, 4.69) is 61.7 Å². The highest BCUT2D eigenvalue weighted by molar-refractivity contribution is 6.75. The van der Waals surface area contributed by atoms with Crippen molar-refractivity contribution in [3.63, 3.8) is 0 Å². The van der Waals surface area contributed by atoms with Crippen molar-refractivity contribution in [2.75, 3.05) is 26.9 Å². The number of nitrogens with zero attached hydrogens (tertiary/aromatic N) is 1. The molecule has 1 heterocycles. The van der Waals surface area contributed by atoms with Crippen LogP contribution in [0.5, 0.6) is 5.75 Å². The van der Waals surface area contributed by atoms with Crippen molar-refractivity contribution in [1.82, 2.24) is 26.2 Å². The number of carbonyl (C=O) groups excluding carboxylic acids is 7. The third kappa shape index (κ3) is 18.0. The molecule has 5 amide bonds. The largest absolute Gasteiger partial charge is 0.544 e. The van der Waals surface area contributed by atoms with Crippen molar-refractivity contribution in [2.45, 2.75) is 206 Å². The third-order valence-corrected chi connectivity index (χ3v) is 25.4. The number of hydrogen-bond donors (Lipinski definition) is 4. The maximum Gasteiger partial charge on any atom is 0.408 e. The van der Waals surface area contributed by atoms with Crippen LogP contribution in [0.2, 0.25) is 36.3 Å². The first-order chi connectivity index (χ1) is 39.5. The zero-order valence-electron chi connectivity index (χ0n) is 53.4. The van der Waals surface area contributed by atoms with Gasteiger partial charge in [0.05, 0.1) is 6.10 Å². The van der Waals surface area contributed by atoms with Gasteiger partial charge in [0, 0.05) is 19.6 Å². The van der Waals surface area contributed by atoms with Gasteiger partial charge in [0.25, 0.3) is 0 Å². The number of piperidine rings is 1. The number of likely N-dealkylation sites (tertiary alicyclic amines) is 1. The minimum Gasteiger partial charge on any atom is -0.544 e. The molecule has 3 aromatic rings. The molecule has 0 radical (unpaired) electrons. The summed E-state index contributed by atoms with van der Waals surface area (Å²) in [6.07, 6.45) is -2.82. The molecule has 4 N–H and O–H groups in total. The first-order valence-corrected chi connectivity index (χ1v) is 35.3. The van der Waals surface area contributed by atoms with Gasteiger partial charge in [-0.3, -0.25) is 14.4 Å². The van der Waals surface area contributed by atoms with Gasteiger partial charge >= 0.3 is 24.1 Å². The van der Waals surface area contributed by atoms with E-state index in [-0.39, 0.29) is 42.2 Å². The van der Waals surface area contributed by atoms with Crippen molar-refractivity contribution < 1.29 is 66.1 Å². The number of benzene rings is 3. The molecule has 85 heavy (non-hydrogen) atoms. The number of esters is 2. The van der Waals surface area contributed by atoms with Gasteiger partial charge in [0.1, 0.15) is 60.9 Å². The third-order valence-electron chi connectivity index (χ3n) is 16.5. The summed E-state index contributed by atoms with van der Waals surface area (Å²) in [6, 6.07) is 15.9. The van der Waals surface area contributed by atoms with Crippen LogP contribution in [0.25, 0.3) is 11.1 Å². The Morgan fingerprint density at radius 3 is 1.78 bits per heavy atom. The minimum absolute atomic E-state index is 0.00352. The highest BCUT2D eigenvalue weighted by Crippen LogP contribution is 2.45. The molecule has 0 saturated carbocycles. The van der Waals surface area contributed by atoms with Crippen molar-refractivity contribution in [1.29, 1.82) is 0 Å². The molecular formula is C64H95N5O14Si2. The molecule has 21 heteroatoms. The lowest BCUT2D eigenvalue weighted by atomic mass is 9.95. The fourth-order valence-electron chi connectivity index (χ4n) is 9.78. The van der Waals surface area contributed by atoms with Crippen molar-refractivity contribution >= 4 is 58.5 Å². The Labute approximate surface area is 506 Å². The Morgan fingerprint density at radius 1 is 0.682 bits per heavy atom. The first-order valence-electron chi connectivity index (χ1n) is 29.5. The van der Waals surface area contributed by atoms with Gasteiger partial charge in [-0.15, -0.1) is 0 Å². The summed E-state index contributed by atoms with van der Waals surface area (Å²) < 4.78 is 42.4. The maximum atomic E-state index is 15.7. The monoisotopic (exact) mass is 1210 g/mol. The van der Waals surface area contributed by atoms with Crippen LogP contribution in [0.3, 0.4) is 0 Å². The van der Waals surface area contributed by atoms with E-state index in [0.717, 1.165) is 22.3 Å². The average molecular weight is 1210 g/mol. The normalized spacial score (nSPS) is 17.3. The molecule has 2 aliphatic rings. The molecule has 0 bridgehead atoms. The zero-order chi connectivity index (χ0) is 63.6. The number of ether oxygens (including phenoxy) is 5. The molecule has 5 rings (SSSR count). The maximum absolute atomic E-state index is 15.7. The van der Waals surface area contributed by atoms with Crippen LogP contribution in [-0.4, -0.2) is 138 Å². The number of nitrogens with one attached hydrogen (secondary N) is 4. The Balaban J connectivity index is 1.51. The molecule has 1 fully saturated rings. The smallest absolute Gasteiger partial charge is 0.408 e. The van der Waals surface area contributed by atoms with Gasteiger partial charge in [0.15, 0.2) is 14.4 Å². The topological polar surface area (TPSA) is 235 Å². The lowest BCUT2D eigenvalue weighted by molar-refractivity contribution is -0.170. The Morgan fingerprint density at radius 2 is 1.25 bits per heavy atom. The zero-order valence-corrected chi connectivity index (χ0v) is 55.4. The summed E-state index contributed by atoms with van der Waals surface area (Å²) in [7, 11) is -3.59. The Kier molecular flexibility index (Phi) is 23.4. The number of carbonyl (C=O) groups is 7. The van der Waals surface area contributed by atoms with E-state index in [4.69, 9.17) is 32.5 Å². The van der Waals surface area contributed by atoms with Crippen molar-refractivity contribution in [2.24, 2.45) is 5.92 Å². The van der Waals surface area contributed by atoms with Crippen LogP contribution in [0, 0.1) is 5.92 Å². The SMILES string of the molecule is C=CCOC(=O)[C@H](NC(=O)OC(C)(C)C)[C@H](OC(=O)[C@@H]1CCCCN1C(=O)[C@H](NC(=O)[C@@H](NC(=O)[C@H](C)NC(=O)OCC1c2ccccc2-c2ccccc21)[C@@H](C)O[Si](C)(C)C(C)(C)C)[C@H](OC)c1ccc(O[Si](C)(C)C(C)(C)C)cc1)C(C)C. The van der Waals surface area contributed by atoms with E-state index in [1.807, 2.05) is 82.4 Å². The van der Waals surface area contributed by atoms with Crippen molar-refractivity contribution in [3.8, 4) is 16.9 Å². The summed E-state index contributed by atoms with van der Waals surface area (Å²) in [5.41, 5.74) is 3.68. The predicted molar refractivity (Wildman–Crippen MR) is 332 cm³/mol. The summed E-state index contributed by atoms with van der Waals surface area (Å²) in [5.74, 6) is -4.27. The van der Waals surface area contributed by atoms with Crippen LogP contribution >= 0.6 is 0 Å². The number of methoxy groups -OCH3 is 1. The van der Waals surface area contributed by atoms with Crippen LogP contribution in [0.1, 0.15) is 138 Å². The van der Waals surface area contributed by atoms with Gasteiger partial charge in [-0.25, -0.2) is 19.2 Å². The van der Waals surface area contributed by atoms with Gasteiger partial charge in [-0.05, 0) is 136 Å². The highest BCUT2D eigenvalue weighted by atomic mass is 28.4. The van der Waals surface area contributed by atoms with Gasteiger partial charge < -0.3 is 58.7 Å². The predicted octanol–water partition coefficient (Wildman–Crippen LogP) is 10.6. The standard InChI is InChI=1S/C64H95N5O14Si2/c1-20-37-78-59(74)52(68-61(76)81-62(6,7)8)53(39(2)3)80-58(73)49-31-25-26-36-69(49)57(72)51(54(77-15)42-32-34-43(35-33-42)83-85(18,19)64(12,13)14)67-56(71)50(41(5)82-84(16,17)63(9,10)11)66-55(70)40(4)65-60(75)79-38-48-46-29-23-21-27-44(46)45-28-22-24-30-47(45)48/h20-24,27-30,32-35,39-41,48-54H,1,25-26,31,36-38H2,2-19H3,(H,65,75)(H,66,70)(H,67,71)(H,68,76)/t40-,41+,49-,50-,51+,52+,53+,54+/m0/s1. The van der Waals surface area contributed by atoms with E-state index in [9.17, 15) is 24.0 Å². The summed E-state index contributed by atoms with van der Waals surface area (Å²) in [5, 5.41) is 10.5. The molecular weight excluding hydrogens is 1120 g/mol. The second-order valence-electron chi connectivity index (χ2n) is 26.6. The van der Waals surface area contributed by atoms with Gasteiger partial charge in [-0.2, -0.15) is 0 Å².